The molecular formula is C28H32F2N3O9P. The van der Waals surface area contributed by atoms with Crippen molar-refractivity contribution in [1.29, 1.82) is 0 Å². The summed E-state index contributed by atoms with van der Waals surface area (Å²) in [6.45, 7) is 7.12. The van der Waals surface area contributed by atoms with Gasteiger partial charge in [-0.15, -0.1) is 0 Å². The first-order valence-corrected chi connectivity index (χ1v) is 14.8. The van der Waals surface area contributed by atoms with Crippen LogP contribution in [-0.2, 0) is 23.4 Å². The molecule has 3 N–H and O–H groups in total. The SMILES string of the molecule is Cc1cc(-c2ccc(OP(=O)(NC(C)C(=O)OC(C)C)OC3OC(n4ccc(=O)[nH]c4=O)C(C)(F)C3O)cc2)ccc1F. The number of benzene rings is 2. The van der Waals surface area contributed by atoms with E-state index < -0.39 is 61.4 Å². The molecule has 0 amide bonds. The summed E-state index contributed by atoms with van der Waals surface area (Å²) >= 11 is 0. The van der Waals surface area contributed by atoms with E-state index in [-0.39, 0.29) is 11.6 Å². The molecular weight excluding hydrogens is 591 g/mol. The Hall–Kier alpha value is -3.68. The molecule has 232 valence electrons. The maximum absolute atomic E-state index is 15.7. The molecule has 1 aliphatic rings. The van der Waals surface area contributed by atoms with Crippen molar-refractivity contribution >= 4 is 13.7 Å². The van der Waals surface area contributed by atoms with Crippen LogP contribution in [0, 0.1) is 12.7 Å². The molecule has 1 saturated heterocycles. The zero-order valence-electron chi connectivity index (χ0n) is 23.9. The first kappa shape index (κ1) is 32.2. The molecule has 15 heteroatoms. The summed E-state index contributed by atoms with van der Waals surface area (Å²) in [7, 11) is -4.67. The van der Waals surface area contributed by atoms with E-state index in [4.69, 9.17) is 18.5 Å². The predicted octanol–water partition coefficient (Wildman–Crippen LogP) is 3.73. The van der Waals surface area contributed by atoms with E-state index >= 15 is 4.39 Å². The number of carbonyl (C=O) groups excluding carboxylic acids is 1. The highest BCUT2D eigenvalue weighted by molar-refractivity contribution is 7.52. The largest absolute Gasteiger partial charge is 0.462 e. The fourth-order valence-electron chi connectivity index (χ4n) is 4.29. The van der Waals surface area contributed by atoms with Crippen LogP contribution in [0.15, 0.2) is 64.3 Å². The standard InChI is InChI=1S/C28H32F2N3O9P/c1-15(2)39-24(36)17(4)32-43(38,41-20-9-6-18(7-10-20)19-8-11-21(29)16(3)14-19)42-25-23(35)28(5,30)26(40-25)33-13-12-22(34)31-27(33)37/h6-15,17,23,25-26,35H,1-5H3,(H,32,38)(H,31,34,37). The molecule has 43 heavy (non-hydrogen) atoms. The zero-order valence-corrected chi connectivity index (χ0v) is 24.8. The molecule has 0 spiro atoms. The van der Waals surface area contributed by atoms with Crippen molar-refractivity contribution in [1.82, 2.24) is 14.6 Å². The van der Waals surface area contributed by atoms with Crippen LogP contribution in [0.2, 0.25) is 0 Å². The van der Waals surface area contributed by atoms with Crippen LogP contribution in [0.3, 0.4) is 0 Å². The minimum atomic E-state index is -4.67. The number of H-pyrrole nitrogens is 1. The molecule has 0 bridgehead atoms. The maximum Gasteiger partial charge on any atom is 0.461 e. The molecule has 6 unspecified atom stereocenters. The number of aliphatic hydroxyl groups excluding tert-OH is 1. The fraction of sp³-hybridized carbons (Fsp3) is 0.393. The third kappa shape index (κ3) is 7.28. The number of esters is 1. The van der Waals surface area contributed by atoms with E-state index in [1.807, 2.05) is 4.98 Å². The Kier molecular flexibility index (Phi) is 9.38. The van der Waals surface area contributed by atoms with Crippen LogP contribution in [0.1, 0.15) is 39.5 Å². The lowest BCUT2D eigenvalue weighted by molar-refractivity contribution is -0.149. The lowest BCUT2D eigenvalue weighted by atomic mass is 10.0. The smallest absolute Gasteiger partial charge is 0.461 e. The molecule has 0 radical (unpaired) electrons. The number of aliphatic hydroxyl groups is 1. The average molecular weight is 624 g/mol. The first-order chi connectivity index (χ1) is 20.1. The molecule has 12 nitrogen and oxygen atoms in total. The molecule has 3 aromatic rings. The minimum absolute atomic E-state index is 0.00764. The van der Waals surface area contributed by atoms with Crippen molar-refractivity contribution in [2.24, 2.45) is 0 Å². The number of ether oxygens (including phenoxy) is 2. The molecule has 2 aromatic carbocycles. The number of halogens is 2. The van der Waals surface area contributed by atoms with Crippen LogP contribution >= 0.6 is 7.75 Å². The van der Waals surface area contributed by atoms with Gasteiger partial charge in [-0.1, -0.05) is 18.2 Å². The zero-order chi connectivity index (χ0) is 31.7. The van der Waals surface area contributed by atoms with Gasteiger partial charge in [-0.3, -0.25) is 23.7 Å². The summed E-state index contributed by atoms with van der Waals surface area (Å²) in [6.07, 6.45) is -5.39. The van der Waals surface area contributed by atoms with E-state index in [0.29, 0.717) is 21.3 Å². The Morgan fingerprint density at radius 2 is 1.79 bits per heavy atom. The van der Waals surface area contributed by atoms with E-state index in [9.17, 15) is 28.4 Å². The van der Waals surface area contributed by atoms with Gasteiger partial charge < -0.3 is 19.1 Å². The highest BCUT2D eigenvalue weighted by Crippen LogP contribution is 2.51. The molecule has 1 fully saturated rings. The molecule has 0 saturated carbocycles. The molecule has 4 rings (SSSR count). The van der Waals surface area contributed by atoms with E-state index in [1.165, 1.54) is 25.1 Å². The molecule has 1 aliphatic heterocycles. The van der Waals surface area contributed by atoms with Crippen LogP contribution in [0.5, 0.6) is 5.75 Å². The Labute approximate surface area is 245 Å². The van der Waals surface area contributed by atoms with Crippen molar-refractivity contribution in [3.63, 3.8) is 0 Å². The second-order valence-corrected chi connectivity index (χ2v) is 12.1. The van der Waals surface area contributed by atoms with Gasteiger partial charge in [0.05, 0.1) is 6.10 Å². The highest BCUT2D eigenvalue weighted by atomic mass is 31.2. The van der Waals surface area contributed by atoms with Gasteiger partial charge in [-0.25, -0.2) is 18.1 Å². The Balaban J connectivity index is 1.62. The lowest BCUT2D eigenvalue weighted by Gasteiger charge is -2.27. The third-order valence-corrected chi connectivity index (χ3v) is 8.20. The lowest BCUT2D eigenvalue weighted by Crippen LogP contribution is -2.44. The number of hydrogen-bond acceptors (Lipinski definition) is 9. The Bertz CT molecular complexity index is 1640. The van der Waals surface area contributed by atoms with Gasteiger partial charge in [-0.05, 0) is 75.6 Å². The summed E-state index contributed by atoms with van der Waals surface area (Å²) in [4.78, 5) is 38.2. The summed E-state index contributed by atoms with van der Waals surface area (Å²) in [5, 5.41) is 13.2. The second-order valence-electron chi connectivity index (χ2n) is 10.5. The van der Waals surface area contributed by atoms with E-state index in [2.05, 4.69) is 5.09 Å². The van der Waals surface area contributed by atoms with Gasteiger partial charge in [0.25, 0.3) is 5.56 Å². The van der Waals surface area contributed by atoms with Crippen LogP contribution in [-0.4, -0.2) is 50.8 Å². The summed E-state index contributed by atoms with van der Waals surface area (Å²) < 4.78 is 66.0. The number of aromatic nitrogens is 2. The Morgan fingerprint density at radius 1 is 1.14 bits per heavy atom. The van der Waals surface area contributed by atoms with Crippen molar-refractivity contribution in [3.05, 3.63) is 86.9 Å². The molecule has 0 aliphatic carbocycles. The maximum atomic E-state index is 15.7. The minimum Gasteiger partial charge on any atom is -0.462 e. The van der Waals surface area contributed by atoms with Gasteiger partial charge in [0, 0.05) is 12.3 Å². The number of alkyl halides is 1. The normalized spacial score (nSPS) is 24.0. The summed E-state index contributed by atoms with van der Waals surface area (Å²) in [5.74, 6) is -1.16. The number of hydrogen-bond donors (Lipinski definition) is 3. The number of aryl methyl sites for hydroxylation is 1. The van der Waals surface area contributed by atoms with Crippen molar-refractivity contribution in [2.45, 2.75) is 71.1 Å². The van der Waals surface area contributed by atoms with Gasteiger partial charge in [-0.2, -0.15) is 5.09 Å². The summed E-state index contributed by atoms with van der Waals surface area (Å²) in [6, 6.07) is 10.4. The number of carbonyl (C=O) groups is 1. The van der Waals surface area contributed by atoms with Gasteiger partial charge in [0.15, 0.2) is 11.9 Å². The van der Waals surface area contributed by atoms with Crippen LogP contribution in [0.25, 0.3) is 11.1 Å². The Morgan fingerprint density at radius 3 is 2.40 bits per heavy atom. The van der Waals surface area contributed by atoms with Crippen molar-refractivity contribution in [2.75, 3.05) is 0 Å². The van der Waals surface area contributed by atoms with Crippen LogP contribution < -0.4 is 20.9 Å². The van der Waals surface area contributed by atoms with E-state index in [0.717, 1.165) is 19.2 Å². The fourth-order valence-corrected chi connectivity index (χ4v) is 5.86. The number of nitrogens with one attached hydrogen (secondary N) is 2. The van der Waals surface area contributed by atoms with E-state index in [1.54, 1.807) is 45.0 Å². The average Bonchev–Trinajstić information content (AvgIpc) is 3.13. The third-order valence-electron chi connectivity index (χ3n) is 6.56. The predicted molar refractivity (Wildman–Crippen MR) is 150 cm³/mol. The van der Waals surface area contributed by atoms with Crippen molar-refractivity contribution in [3.8, 4) is 16.9 Å². The number of rotatable bonds is 10. The monoisotopic (exact) mass is 623 g/mol. The number of aromatic amines is 1. The van der Waals surface area contributed by atoms with Gasteiger partial charge in [0.2, 0.25) is 6.29 Å². The molecule has 6 atom stereocenters. The highest BCUT2D eigenvalue weighted by Gasteiger charge is 2.58. The molecule has 1 aromatic heterocycles. The first-order valence-electron chi connectivity index (χ1n) is 13.3. The number of nitrogens with zero attached hydrogens (tertiary/aromatic N) is 1. The topological polar surface area (TPSA) is 158 Å². The quantitative estimate of drug-likeness (QED) is 0.225. The molecule has 2 heterocycles. The van der Waals surface area contributed by atoms with Gasteiger partial charge in [0.1, 0.15) is 23.7 Å². The van der Waals surface area contributed by atoms with Crippen LogP contribution in [0.4, 0.5) is 8.78 Å². The second kappa shape index (κ2) is 12.5. The van der Waals surface area contributed by atoms with Crippen molar-refractivity contribution < 1.29 is 41.8 Å². The van der Waals surface area contributed by atoms with Gasteiger partial charge >= 0.3 is 19.4 Å². The summed E-state index contributed by atoms with van der Waals surface area (Å²) in [5.41, 5.74) is -2.59.